The lowest BCUT2D eigenvalue weighted by molar-refractivity contribution is 0.415. The van der Waals surface area contributed by atoms with Gasteiger partial charge in [-0.25, -0.2) is 4.98 Å². The molecule has 0 aliphatic carbocycles. The average molecular weight is 245 g/mol. The van der Waals surface area contributed by atoms with Gasteiger partial charge < -0.3 is 14.6 Å². The fourth-order valence-electron chi connectivity index (χ4n) is 2.85. The van der Waals surface area contributed by atoms with E-state index in [1.54, 1.807) is 7.11 Å². The molecule has 4 heteroatoms. The Hall–Kier alpha value is -1.55. The zero-order valence-electron chi connectivity index (χ0n) is 11.2. The van der Waals surface area contributed by atoms with Crippen LogP contribution < -0.4 is 10.1 Å². The summed E-state index contributed by atoms with van der Waals surface area (Å²) >= 11 is 0. The molecule has 1 aliphatic rings. The first-order chi connectivity index (χ1) is 8.64. The fraction of sp³-hybridized carbons (Fsp3) is 0.500. The lowest BCUT2D eigenvalue weighted by atomic mass is 9.89. The number of benzene rings is 1. The quantitative estimate of drug-likeness (QED) is 0.877. The van der Waals surface area contributed by atoms with Gasteiger partial charge in [0.05, 0.1) is 18.1 Å². The molecule has 1 fully saturated rings. The molecule has 96 valence electrons. The van der Waals surface area contributed by atoms with Crippen LogP contribution in [0.3, 0.4) is 0 Å². The molecule has 0 spiro atoms. The minimum atomic E-state index is 0.140. The van der Waals surface area contributed by atoms with Crippen molar-refractivity contribution in [3.63, 3.8) is 0 Å². The molecule has 1 unspecified atom stereocenters. The summed E-state index contributed by atoms with van der Waals surface area (Å²) in [6.45, 7) is 4.36. The van der Waals surface area contributed by atoms with Crippen LogP contribution in [0, 0.1) is 0 Å². The third kappa shape index (κ3) is 1.60. The van der Waals surface area contributed by atoms with Crippen molar-refractivity contribution in [2.24, 2.45) is 7.05 Å². The van der Waals surface area contributed by atoms with Crippen molar-refractivity contribution >= 4 is 11.0 Å². The number of rotatable bonds is 2. The van der Waals surface area contributed by atoms with E-state index in [0.717, 1.165) is 36.6 Å². The molecule has 18 heavy (non-hydrogen) atoms. The number of hydrogen-bond acceptors (Lipinski definition) is 3. The van der Waals surface area contributed by atoms with Crippen molar-refractivity contribution in [1.29, 1.82) is 0 Å². The Labute approximate surface area is 107 Å². The predicted octanol–water partition coefficient (Wildman–Crippen LogP) is 1.83. The van der Waals surface area contributed by atoms with E-state index in [1.807, 2.05) is 12.1 Å². The minimum absolute atomic E-state index is 0.140. The summed E-state index contributed by atoms with van der Waals surface area (Å²) in [6, 6.07) is 6.07. The molecule has 0 radical (unpaired) electrons. The lowest BCUT2D eigenvalue weighted by Crippen LogP contribution is -2.28. The maximum atomic E-state index is 5.26. The SMILES string of the molecule is COc1ccc2c(c1)nc(C1(C)CCNC1)n2C. The Morgan fingerprint density at radius 2 is 2.28 bits per heavy atom. The molecule has 4 nitrogen and oxygen atoms in total. The number of imidazole rings is 1. The molecule has 1 aromatic carbocycles. The van der Waals surface area contributed by atoms with Crippen LogP contribution in [0.2, 0.25) is 0 Å². The van der Waals surface area contributed by atoms with Crippen molar-refractivity contribution in [2.45, 2.75) is 18.8 Å². The second-order valence-electron chi connectivity index (χ2n) is 5.34. The number of nitrogens with zero attached hydrogens (tertiary/aromatic N) is 2. The summed E-state index contributed by atoms with van der Waals surface area (Å²) in [6.07, 6.45) is 1.14. The Kier molecular flexibility index (Phi) is 2.55. The van der Waals surface area contributed by atoms with E-state index < -0.39 is 0 Å². The number of aromatic nitrogens is 2. The van der Waals surface area contributed by atoms with Gasteiger partial charge >= 0.3 is 0 Å². The van der Waals surface area contributed by atoms with E-state index in [1.165, 1.54) is 5.52 Å². The van der Waals surface area contributed by atoms with Gasteiger partial charge in [0.1, 0.15) is 11.6 Å². The number of aryl methyl sites for hydroxylation is 1. The van der Waals surface area contributed by atoms with E-state index >= 15 is 0 Å². The van der Waals surface area contributed by atoms with Crippen LogP contribution in [0.4, 0.5) is 0 Å². The van der Waals surface area contributed by atoms with E-state index in [9.17, 15) is 0 Å². The van der Waals surface area contributed by atoms with E-state index in [0.29, 0.717) is 0 Å². The maximum absolute atomic E-state index is 5.26. The summed E-state index contributed by atoms with van der Waals surface area (Å²) in [7, 11) is 3.79. The van der Waals surface area contributed by atoms with Crippen LogP contribution in [0.25, 0.3) is 11.0 Å². The van der Waals surface area contributed by atoms with Crippen molar-refractivity contribution < 1.29 is 4.74 Å². The Bertz CT molecular complexity index is 582. The summed E-state index contributed by atoms with van der Waals surface area (Å²) in [5.41, 5.74) is 2.32. The van der Waals surface area contributed by atoms with Gasteiger partial charge in [0.25, 0.3) is 0 Å². The van der Waals surface area contributed by atoms with Gasteiger partial charge in [0.15, 0.2) is 0 Å². The van der Waals surface area contributed by atoms with E-state index in [2.05, 4.69) is 29.9 Å². The zero-order chi connectivity index (χ0) is 12.8. The number of hydrogen-bond donors (Lipinski definition) is 1. The molecule has 3 rings (SSSR count). The second-order valence-corrected chi connectivity index (χ2v) is 5.34. The highest BCUT2D eigenvalue weighted by Gasteiger charge is 2.34. The van der Waals surface area contributed by atoms with Gasteiger partial charge in [0, 0.05) is 25.1 Å². The predicted molar refractivity (Wildman–Crippen MR) is 72.1 cm³/mol. The molecule has 1 saturated heterocycles. The highest BCUT2D eigenvalue weighted by molar-refractivity contribution is 5.78. The molecule has 1 atom stereocenters. The average Bonchev–Trinajstić information content (AvgIpc) is 2.95. The third-order valence-corrected chi connectivity index (χ3v) is 4.00. The van der Waals surface area contributed by atoms with Crippen molar-refractivity contribution in [2.75, 3.05) is 20.2 Å². The normalized spacial score (nSPS) is 23.7. The monoisotopic (exact) mass is 245 g/mol. The summed E-state index contributed by atoms with van der Waals surface area (Å²) < 4.78 is 7.47. The molecule has 2 aromatic rings. The van der Waals surface area contributed by atoms with Crippen LogP contribution in [0.5, 0.6) is 5.75 Å². The molecule has 0 amide bonds. The molecule has 1 N–H and O–H groups in total. The topological polar surface area (TPSA) is 39.1 Å². The highest BCUT2D eigenvalue weighted by atomic mass is 16.5. The summed E-state index contributed by atoms with van der Waals surface area (Å²) in [5, 5.41) is 3.43. The van der Waals surface area contributed by atoms with E-state index in [-0.39, 0.29) is 5.41 Å². The molecule has 2 heterocycles. The Morgan fingerprint density at radius 1 is 1.44 bits per heavy atom. The first-order valence-electron chi connectivity index (χ1n) is 6.36. The van der Waals surface area contributed by atoms with Crippen molar-refractivity contribution in [3.8, 4) is 5.75 Å². The third-order valence-electron chi connectivity index (χ3n) is 4.00. The Balaban J connectivity index is 2.16. The van der Waals surface area contributed by atoms with Gasteiger partial charge in [-0.2, -0.15) is 0 Å². The fourth-order valence-corrected chi connectivity index (χ4v) is 2.85. The largest absolute Gasteiger partial charge is 0.497 e. The summed E-state index contributed by atoms with van der Waals surface area (Å²) in [4.78, 5) is 4.82. The maximum Gasteiger partial charge on any atom is 0.121 e. The van der Waals surface area contributed by atoms with Crippen LogP contribution in [0.1, 0.15) is 19.2 Å². The first-order valence-corrected chi connectivity index (χ1v) is 6.36. The molecule has 0 saturated carbocycles. The highest BCUT2D eigenvalue weighted by Crippen LogP contribution is 2.32. The lowest BCUT2D eigenvalue weighted by Gasteiger charge is -2.21. The van der Waals surface area contributed by atoms with Gasteiger partial charge in [-0.15, -0.1) is 0 Å². The molecular weight excluding hydrogens is 226 g/mol. The molecular formula is C14H19N3O. The standard InChI is InChI=1S/C14H19N3O/c1-14(6-7-15-9-14)13-16-11-8-10(18-3)4-5-12(11)17(13)2/h4-5,8,15H,6-7,9H2,1-3H3. The first kappa shape index (κ1) is 11.5. The number of methoxy groups -OCH3 is 1. The van der Waals surface area contributed by atoms with Gasteiger partial charge in [0.2, 0.25) is 0 Å². The second kappa shape index (κ2) is 3.99. The smallest absolute Gasteiger partial charge is 0.121 e. The molecule has 1 aliphatic heterocycles. The molecule has 1 aromatic heterocycles. The van der Waals surface area contributed by atoms with Gasteiger partial charge in [-0.3, -0.25) is 0 Å². The number of nitrogens with one attached hydrogen (secondary N) is 1. The van der Waals surface area contributed by atoms with Crippen LogP contribution >= 0.6 is 0 Å². The van der Waals surface area contributed by atoms with Gasteiger partial charge in [-0.1, -0.05) is 6.92 Å². The minimum Gasteiger partial charge on any atom is -0.497 e. The Morgan fingerprint density at radius 3 is 2.94 bits per heavy atom. The molecule has 0 bridgehead atoms. The van der Waals surface area contributed by atoms with Crippen LogP contribution in [-0.4, -0.2) is 29.8 Å². The number of ether oxygens (including phenoxy) is 1. The van der Waals surface area contributed by atoms with Crippen molar-refractivity contribution in [1.82, 2.24) is 14.9 Å². The zero-order valence-corrected chi connectivity index (χ0v) is 11.2. The van der Waals surface area contributed by atoms with Crippen molar-refractivity contribution in [3.05, 3.63) is 24.0 Å². The van der Waals surface area contributed by atoms with E-state index in [4.69, 9.17) is 9.72 Å². The number of fused-ring (bicyclic) bond motifs is 1. The van der Waals surface area contributed by atoms with Crippen LogP contribution in [0.15, 0.2) is 18.2 Å². The van der Waals surface area contributed by atoms with Crippen LogP contribution in [-0.2, 0) is 12.5 Å². The van der Waals surface area contributed by atoms with Gasteiger partial charge in [-0.05, 0) is 25.1 Å². The summed E-state index contributed by atoms with van der Waals surface area (Å²) in [5.74, 6) is 2.03.